The van der Waals surface area contributed by atoms with Crippen molar-refractivity contribution >= 4 is 24.4 Å². The van der Waals surface area contributed by atoms with Gasteiger partial charge in [0.05, 0.1) is 0 Å². The maximum atomic E-state index is 13.8. The number of benzene rings is 2. The van der Waals surface area contributed by atoms with E-state index in [0.717, 1.165) is 18.1 Å². The summed E-state index contributed by atoms with van der Waals surface area (Å²) in [5, 5.41) is 2.54. The minimum atomic E-state index is -1.29. The predicted octanol–water partition coefficient (Wildman–Crippen LogP) is 3.96. The summed E-state index contributed by atoms with van der Waals surface area (Å²) in [6, 6.07) is 9.51. The number of carbonyl (C=O) groups excluding carboxylic acids is 2. The molecular formula is C22H25ClF3N3O3. The molecule has 174 valence electrons. The van der Waals surface area contributed by atoms with Crippen LogP contribution in [-0.4, -0.2) is 41.1 Å². The second kappa shape index (κ2) is 11.7. The van der Waals surface area contributed by atoms with Crippen LogP contribution in [0.2, 0.25) is 0 Å². The van der Waals surface area contributed by atoms with Gasteiger partial charge in [0.1, 0.15) is 12.4 Å². The molecule has 32 heavy (non-hydrogen) atoms. The molecule has 2 aromatic rings. The zero-order valence-electron chi connectivity index (χ0n) is 17.3. The Morgan fingerprint density at radius 3 is 2.28 bits per heavy atom. The zero-order chi connectivity index (χ0) is 22.4. The van der Waals surface area contributed by atoms with Crippen LogP contribution in [0, 0.1) is 17.5 Å². The van der Waals surface area contributed by atoms with E-state index in [4.69, 9.17) is 10.5 Å². The molecule has 1 saturated heterocycles. The van der Waals surface area contributed by atoms with Crippen molar-refractivity contribution in [3.8, 4) is 0 Å². The van der Waals surface area contributed by atoms with E-state index in [9.17, 15) is 22.8 Å². The van der Waals surface area contributed by atoms with Crippen LogP contribution in [0.4, 0.5) is 18.0 Å². The maximum absolute atomic E-state index is 13.8. The summed E-state index contributed by atoms with van der Waals surface area (Å²) < 4.78 is 45.6. The molecule has 0 aromatic heterocycles. The van der Waals surface area contributed by atoms with E-state index in [1.165, 1.54) is 10.0 Å². The van der Waals surface area contributed by atoms with Crippen LogP contribution in [0.15, 0.2) is 42.5 Å². The fourth-order valence-corrected chi connectivity index (χ4v) is 3.41. The Kier molecular flexibility index (Phi) is 9.34. The van der Waals surface area contributed by atoms with Crippen LogP contribution in [0.5, 0.6) is 0 Å². The standard InChI is InChI=1S/C22H24F3N3O3.ClH/c23-18-13-20(25)19(24)11-16(18)10-17(26)12-21(29)27-8-4-5-9-28(27)22(30)31-14-15-6-2-1-3-7-15;/h1-3,6-7,11,13,17H,4-5,8-10,12,14,26H2;1H/t17-;/m1./s1. The second-order valence-corrected chi connectivity index (χ2v) is 7.41. The lowest BCUT2D eigenvalue weighted by atomic mass is 10.0. The Balaban J connectivity index is 0.00000363. The fraction of sp³-hybridized carbons (Fsp3) is 0.364. The molecule has 6 nitrogen and oxygen atoms in total. The van der Waals surface area contributed by atoms with Gasteiger partial charge in [-0.1, -0.05) is 30.3 Å². The van der Waals surface area contributed by atoms with Gasteiger partial charge in [0.25, 0.3) is 0 Å². The van der Waals surface area contributed by atoms with Crippen molar-refractivity contribution in [1.29, 1.82) is 0 Å². The molecule has 0 unspecified atom stereocenters. The number of hydrogen-bond acceptors (Lipinski definition) is 4. The number of hydrogen-bond donors (Lipinski definition) is 1. The topological polar surface area (TPSA) is 75.9 Å². The molecule has 1 atom stereocenters. The van der Waals surface area contributed by atoms with Crippen LogP contribution in [0.3, 0.4) is 0 Å². The molecule has 0 radical (unpaired) electrons. The third kappa shape index (κ3) is 6.61. The van der Waals surface area contributed by atoms with Crippen molar-refractivity contribution in [2.75, 3.05) is 13.1 Å². The lowest BCUT2D eigenvalue weighted by Gasteiger charge is -2.38. The first-order valence-corrected chi connectivity index (χ1v) is 10.0. The third-order valence-electron chi connectivity index (χ3n) is 4.99. The number of hydrazine groups is 1. The zero-order valence-corrected chi connectivity index (χ0v) is 18.1. The van der Waals surface area contributed by atoms with Crippen molar-refractivity contribution in [1.82, 2.24) is 10.0 Å². The minimum absolute atomic E-state index is 0. The Morgan fingerprint density at radius 2 is 1.59 bits per heavy atom. The van der Waals surface area contributed by atoms with Gasteiger partial charge in [0, 0.05) is 31.6 Å². The normalized spacial score (nSPS) is 14.5. The Morgan fingerprint density at radius 1 is 0.969 bits per heavy atom. The summed E-state index contributed by atoms with van der Waals surface area (Å²) >= 11 is 0. The largest absolute Gasteiger partial charge is 0.443 e. The lowest BCUT2D eigenvalue weighted by molar-refractivity contribution is -0.150. The molecule has 0 bridgehead atoms. The summed E-state index contributed by atoms with van der Waals surface area (Å²) in [5.74, 6) is -3.82. The van der Waals surface area contributed by atoms with Crippen LogP contribution in [-0.2, 0) is 22.6 Å². The molecule has 2 amide bonds. The molecule has 10 heteroatoms. The van der Waals surface area contributed by atoms with Gasteiger partial charge in [-0.2, -0.15) is 0 Å². The van der Waals surface area contributed by atoms with E-state index in [1.807, 2.05) is 30.3 Å². The summed E-state index contributed by atoms with van der Waals surface area (Å²) in [4.78, 5) is 25.3. The van der Waals surface area contributed by atoms with Gasteiger partial charge in [-0.05, 0) is 36.5 Å². The van der Waals surface area contributed by atoms with Crippen molar-refractivity contribution in [2.24, 2.45) is 5.73 Å². The van der Waals surface area contributed by atoms with Crippen LogP contribution < -0.4 is 5.73 Å². The number of nitrogens with zero attached hydrogens (tertiary/aromatic N) is 2. The molecule has 2 N–H and O–H groups in total. The van der Waals surface area contributed by atoms with Crippen molar-refractivity contribution < 1.29 is 27.5 Å². The summed E-state index contributed by atoms with van der Waals surface area (Å²) in [6.45, 7) is 0.727. The molecule has 0 spiro atoms. The number of rotatable bonds is 6. The summed E-state index contributed by atoms with van der Waals surface area (Å²) in [6.07, 6.45) is 0.441. The van der Waals surface area contributed by atoms with Crippen LogP contribution >= 0.6 is 12.4 Å². The minimum Gasteiger partial charge on any atom is -0.443 e. The SMILES string of the molecule is Cl.N[C@@H](CC(=O)N1CCCCN1C(=O)OCc1ccccc1)Cc1cc(F)c(F)cc1F. The number of amides is 2. The fourth-order valence-electron chi connectivity index (χ4n) is 3.41. The Hall–Kier alpha value is -2.78. The van der Waals surface area contributed by atoms with Crippen molar-refractivity contribution in [3.05, 3.63) is 71.0 Å². The number of ether oxygens (including phenoxy) is 1. The molecule has 1 aliphatic heterocycles. The smallest absolute Gasteiger partial charge is 0.429 e. The van der Waals surface area contributed by atoms with Crippen LogP contribution in [0.25, 0.3) is 0 Å². The van der Waals surface area contributed by atoms with E-state index >= 15 is 0 Å². The monoisotopic (exact) mass is 471 g/mol. The van der Waals surface area contributed by atoms with Gasteiger partial charge in [-0.15, -0.1) is 12.4 Å². The van der Waals surface area contributed by atoms with E-state index in [0.29, 0.717) is 25.6 Å². The molecule has 0 saturated carbocycles. The molecule has 3 rings (SSSR count). The average molecular weight is 472 g/mol. The van der Waals surface area contributed by atoms with Gasteiger partial charge < -0.3 is 10.5 Å². The quantitative estimate of drug-likeness (QED) is 0.647. The number of carbonyl (C=O) groups is 2. The van der Waals surface area contributed by atoms with Gasteiger partial charge in [-0.3, -0.25) is 4.79 Å². The summed E-state index contributed by atoms with van der Waals surface area (Å²) in [7, 11) is 0. The molecule has 1 fully saturated rings. The van der Waals surface area contributed by atoms with E-state index in [1.54, 1.807) is 0 Å². The highest BCUT2D eigenvalue weighted by molar-refractivity contribution is 5.85. The Labute approximate surface area is 190 Å². The number of halogens is 4. The van der Waals surface area contributed by atoms with E-state index in [2.05, 4.69) is 0 Å². The maximum Gasteiger partial charge on any atom is 0.429 e. The highest BCUT2D eigenvalue weighted by atomic mass is 35.5. The second-order valence-electron chi connectivity index (χ2n) is 7.41. The highest BCUT2D eigenvalue weighted by Gasteiger charge is 2.30. The number of nitrogens with two attached hydrogens (primary N) is 1. The van der Waals surface area contributed by atoms with E-state index in [-0.39, 0.29) is 37.4 Å². The Bertz CT molecular complexity index is 933. The summed E-state index contributed by atoms with van der Waals surface area (Å²) in [5.41, 5.74) is 6.67. The lowest BCUT2D eigenvalue weighted by Crippen LogP contribution is -2.54. The molecular weight excluding hydrogens is 447 g/mol. The van der Waals surface area contributed by atoms with Gasteiger partial charge in [0.2, 0.25) is 5.91 Å². The van der Waals surface area contributed by atoms with Gasteiger partial charge in [0.15, 0.2) is 11.6 Å². The van der Waals surface area contributed by atoms with Crippen LogP contribution in [0.1, 0.15) is 30.4 Å². The van der Waals surface area contributed by atoms with Gasteiger partial charge in [-0.25, -0.2) is 28.0 Å². The van der Waals surface area contributed by atoms with E-state index < -0.39 is 35.5 Å². The third-order valence-corrected chi connectivity index (χ3v) is 4.99. The predicted molar refractivity (Wildman–Crippen MR) is 114 cm³/mol. The first kappa shape index (κ1) is 25.5. The van der Waals surface area contributed by atoms with Crippen molar-refractivity contribution in [3.63, 3.8) is 0 Å². The van der Waals surface area contributed by atoms with Crippen molar-refractivity contribution in [2.45, 2.75) is 38.3 Å². The molecule has 1 aliphatic rings. The highest BCUT2D eigenvalue weighted by Crippen LogP contribution is 2.18. The molecule has 0 aliphatic carbocycles. The molecule has 2 aromatic carbocycles. The average Bonchev–Trinajstić information content (AvgIpc) is 2.76. The molecule has 1 heterocycles. The first-order chi connectivity index (χ1) is 14.8. The first-order valence-electron chi connectivity index (χ1n) is 10.0. The van der Waals surface area contributed by atoms with Gasteiger partial charge >= 0.3 is 6.09 Å².